The lowest BCUT2D eigenvalue weighted by Gasteiger charge is -2.29. The van der Waals surface area contributed by atoms with Gasteiger partial charge >= 0.3 is 0 Å². The van der Waals surface area contributed by atoms with Crippen LogP contribution in [0.4, 0.5) is 0 Å². The molecule has 19 heavy (non-hydrogen) atoms. The molecular weight excluding hydrogens is 266 g/mol. The van der Waals surface area contributed by atoms with Crippen LogP contribution in [0.25, 0.3) is 0 Å². The van der Waals surface area contributed by atoms with E-state index in [-0.39, 0.29) is 6.04 Å². The highest BCUT2D eigenvalue weighted by atomic mass is 35.5. The van der Waals surface area contributed by atoms with Crippen LogP contribution in [-0.4, -0.2) is 27.4 Å². The summed E-state index contributed by atoms with van der Waals surface area (Å²) < 4.78 is 16.1. The van der Waals surface area contributed by atoms with Crippen LogP contribution in [0.2, 0.25) is 5.02 Å². The first-order valence-electron chi connectivity index (χ1n) is 6.42. The van der Waals surface area contributed by atoms with Gasteiger partial charge in [-0.05, 0) is 25.0 Å². The van der Waals surface area contributed by atoms with Crippen molar-refractivity contribution in [3.05, 3.63) is 22.7 Å². The van der Waals surface area contributed by atoms with E-state index in [1.54, 1.807) is 14.2 Å². The van der Waals surface area contributed by atoms with Crippen molar-refractivity contribution in [2.75, 3.05) is 27.4 Å². The van der Waals surface area contributed by atoms with Crippen LogP contribution in [0.1, 0.15) is 24.4 Å². The Kier molecular flexibility index (Phi) is 4.91. The maximum absolute atomic E-state index is 6.35. The lowest BCUT2D eigenvalue weighted by Crippen LogP contribution is -2.29. The molecule has 1 aliphatic rings. The zero-order valence-corrected chi connectivity index (χ0v) is 12.1. The molecule has 0 saturated carbocycles. The molecule has 0 aromatic heterocycles. The maximum Gasteiger partial charge on any atom is 0.146 e. The molecule has 0 spiro atoms. The summed E-state index contributed by atoms with van der Waals surface area (Å²) in [5.41, 5.74) is 7.25. The monoisotopic (exact) mass is 285 g/mol. The summed E-state index contributed by atoms with van der Waals surface area (Å²) >= 11 is 6.26. The van der Waals surface area contributed by atoms with E-state index in [1.165, 1.54) is 0 Å². The van der Waals surface area contributed by atoms with E-state index < -0.39 is 0 Å². The van der Waals surface area contributed by atoms with Crippen LogP contribution in [-0.2, 0) is 4.74 Å². The first-order valence-corrected chi connectivity index (χ1v) is 6.80. The third kappa shape index (κ3) is 2.96. The molecule has 2 unspecified atom stereocenters. The largest absolute Gasteiger partial charge is 0.495 e. The number of hydrogen-bond acceptors (Lipinski definition) is 4. The predicted molar refractivity (Wildman–Crippen MR) is 75.0 cm³/mol. The fourth-order valence-corrected chi connectivity index (χ4v) is 2.81. The number of hydrogen-bond donors (Lipinski definition) is 1. The third-order valence-electron chi connectivity index (χ3n) is 3.58. The minimum atomic E-state index is -0.140. The zero-order valence-electron chi connectivity index (χ0n) is 11.3. The summed E-state index contributed by atoms with van der Waals surface area (Å²) in [4.78, 5) is 0. The molecule has 0 bridgehead atoms. The molecular formula is C14H20ClNO3. The van der Waals surface area contributed by atoms with E-state index >= 15 is 0 Å². The molecule has 2 atom stereocenters. The lowest BCUT2D eigenvalue weighted by molar-refractivity contribution is 0.0445. The van der Waals surface area contributed by atoms with Gasteiger partial charge in [-0.25, -0.2) is 0 Å². The topological polar surface area (TPSA) is 53.7 Å². The van der Waals surface area contributed by atoms with E-state index in [1.807, 2.05) is 12.1 Å². The molecule has 1 aliphatic heterocycles. The molecule has 106 valence electrons. The number of ether oxygens (including phenoxy) is 3. The van der Waals surface area contributed by atoms with Gasteiger partial charge < -0.3 is 19.9 Å². The SMILES string of the molecule is COc1ccc(C(N)C2CCCOC2)c(OC)c1Cl. The van der Waals surface area contributed by atoms with Crippen molar-refractivity contribution in [3.8, 4) is 11.5 Å². The van der Waals surface area contributed by atoms with Crippen molar-refractivity contribution in [2.24, 2.45) is 11.7 Å². The molecule has 1 fully saturated rings. The fraction of sp³-hybridized carbons (Fsp3) is 0.571. The van der Waals surface area contributed by atoms with Crippen molar-refractivity contribution < 1.29 is 14.2 Å². The van der Waals surface area contributed by atoms with Crippen LogP contribution in [0, 0.1) is 5.92 Å². The Morgan fingerprint density at radius 3 is 2.74 bits per heavy atom. The first kappa shape index (κ1) is 14.4. The molecule has 0 radical (unpaired) electrons. The number of rotatable bonds is 4. The van der Waals surface area contributed by atoms with E-state index in [9.17, 15) is 0 Å². The molecule has 0 aliphatic carbocycles. The van der Waals surface area contributed by atoms with Crippen molar-refractivity contribution in [2.45, 2.75) is 18.9 Å². The number of halogens is 1. The smallest absolute Gasteiger partial charge is 0.146 e. The molecule has 5 heteroatoms. The fourth-order valence-electron chi connectivity index (χ4n) is 2.48. The summed E-state index contributed by atoms with van der Waals surface area (Å²) in [6.45, 7) is 1.51. The van der Waals surface area contributed by atoms with Gasteiger partial charge in [0.1, 0.15) is 16.5 Å². The molecule has 1 aromatic carbocycles. The van der Waals surface area contributed by atoms with Crippen LogP contribution in [0.15, 0.2) is 12.1 Å². The van der Waals surface area contributed by atoms with E-state index in [0.717, 1.165) is 25.0 Å². The molecule has 1 aromatic rings. The molecule has 2 N–H and O–H groups in total. The highest BCUT2D eigenvalue weighted by Crippen LogP contribution is 2.41. The maximum atomic E-state index is 6.35. The van der Waals surface area contributed by atoms with Gasteiger partial charge in [0.15, 0.2) is 0 Å². The van der Waals surface area contributed by atoms with Gasteiger partial charge in [-0.2, -0.15) is 0 Å². The Morgan fingerprint density at radius 1 is 1.37 bits per heavy atom. The van der Waals surface area contributed by atoms with Crippen LogP contribution < -0.4 is 15.2 Å². The minimum Gasteiger partial charge on any atom is -0.495 e. The molecule has 4 nitrogen and oxygen atoms in total. The quantitative estimate of drug-likeness (QED) is 0.924. The second-order valence-corrected chi connectivity index (χ2v) is 5.09. The molecule has 0 amide bonds. The predicted octanol–water partition coefficient (Wildman–Crippen LogP) is 2.78. The Morgan fingerprint density at radius 2 is 2.16 bits per heavy atom. The second kappa shape index (κ2) is 6.46. The number of nitrogens with two attached hydrogens (primary N) is 1. The second-order valence-electron chi connectivity index (χ2n) is 4.71. The zero-order chi connectivity index (χ0) is 13.8. The number of methoxy groups -OCH3 is 2. The summed E-state index contributed by atoms with van der Waals surface area (Å²) in [6, 6.07) is 3.60. The van der Waals surface area contributed by atoms with E-state index in [4.69, 9.17) is 31.5 Å². The van der Waals surface area contributed by atoms with E-state index in [2.05, 4.69) is 0 Å². The average Bonchev–Trinajstić information content (AvgIpc) is 2.47. The Hall–Kier alpha value is -0.970. The highest BCUT2D eigenvalue weighted by molar-refractivity contribution is 6.33. The summed E-state index contributed by atoms with van der Waals surface area (Å²) in [7, 11) is 3.17. The third-order valence-corrected chi connectivity index (χ3v) is 3.94. The van der Waals surface area contributed by atoms with Gasteiger partial charge in [0.25, 0.3) is 0 Å². The first-order chi connectivity index (χ1) is 9.19. The molecule has 1 heterocycles. The molecule has 2 rings (SSSR count). The van der Waals surface area contributed by atoms with Gasteiger partial charge in [-0.1, -0.05) is 11.6 Å². The van der Waals surface area contributed by atoms with Crippen LogP contribution in [0.3, 0.4) is 0 Å². The van der Waals surface area contributed by atoms with Crippen LogP contribution >= 0.6 is 11.6 Å². The summed E-state index contributed by atoms with van der Waals surface area (Å²) in [5.74, 6) is 1.49. The Labute approximate surface area is 118 Å². The minimum absolute atomic E-state index is 0.140. The van der Waals surface area contributed by atoms with Crippen molar-refractivity contribution >= 4 is 11.6 Å². The van der Waals surface area contributed by atoms with Gasteiger partial charge in [0.05, 0.1) is 20.8 Å². The standard InChI is InChI=1S/C14H20ClNO3/c1-17-11-6-5-10(14(18-2)12(11)15)13(16)9-4-3-7-19-8-9/h5-6,9,13H,3-4,7-8,16H2,1-2H3. The highest BCUT2D eigenvalue weighted by Gasteiger charge is 2.26. The van der Waals surface area contributed by atoms with Crippen molar-refractivity contribution in [1.29, 1.82) is 0 Å². The van der Waals surface area contributed by atoms with E-state index in [0.29, 0.717) is 29.0 Å². The van der Waals surface area contributed by atoms with Crippen molar-refractivity contribution in [3.63, 3.8) is 0 Å². The Balaban J connectivity index is 2.30. The van der Waals surface area contributed by atoms with Crippen LogP contribution in [0.5, 0.6) is 11.5 Å². The lowest BCUT2D eigenvalue weighted by atomic mass is 9.89. The summed E-state index contributed by atoms with van der Waals surface area (Å²) in [5, 5.41) is 0.467. The van der Waals surface area contributed by atoms with Gasteiger partial charge in [0, 0.05) is 24.1 Å². The molecule has 1 saturated heterocycles. The number of benzene rings is 1. The van der Waals surface area contributed by atoms with Gasteiger partial charge in [-0.15, -0.1) is 0 Å². The van der Waals surface area contributed by atoms with Crippen molar-refractivity contribution in [1.82, 2.24) is 0 Å². The van der Waals surface area contributed by atoms with Gasteiger partial charge in [0.2, 0.25) is 0 Å². The Bertz CT molecular complexity index is 433. The average molecular weight is 286 g/mol. The van der Waals surface area contributed by atoms with Gasteiger partial charge in [-0.3, -0.25) is 0 Å². The summed E-state index contributed by atoms with van der Waals surface area (Å²) in [6.07, 6.45) is 2.11. The normalized spacial score (nSPS) is 20.9.